The van der Waals surface area contributed by atoms with E-state index in [1.54, 1.807) is 14.0 Å². The highest BCUT2D eigenvalue weighted by atomic mass is 35.5. The van der Waals surface area contributed by atoms with E-state index >= 15 is 0 Å². The Bertz CT molecular complexity index is 609. The normalized spacial score (nSPS) is 12.3. The third-order valence-corrected chi connectivity index (χ3v) is 5.11. The van der Waals surface area contributed by atoms with Crippen LogP contribution in [0.25, 0.3) is 0 Å². The van der Waals surface area contributed by atoms with E-state index in [4.69, 9.17) is 17.3 Å². The number of nitrogens with two attached hydrogens (primary N) is 1. The first-order valence-corrected chi connectivity index (χ1v) is 7.86. The molecule has 0 unspecified atom stereocenters. The summed E-state index contributed by atoms with van der Waals surface area (Å²) in [5.41, 5.74) is 5.41. The van der Waals surface area contributed by atoms with E-state index in [1.807, 2.05) is 13.8 Å². The largest absolute Gasteiger partial charge is 0.369 e. The van der Waals surface area contributed by atoms with Gasteiger partial charge in [-0.25, -0.2) is 8.42 Å². The molecule has 20 heavy (non-hydrogen) atoms. The molecule has 1 heterocycles. The molecule has 2 N–H and O–H groups in total. The summed E-state index contributed by atoms with van der Waals surface area (Å²) in [6, 6.07) is 0. The van der Waals surface area contributed by atoms with Gasteiger partial charge in [0.2, 0.25) is 15.9 Å². The minimum absolute atomic E-state index is 0.0146. The van der Waals surface area contributed by atoms with Crippen LogP contribution in [0.4, 0.5) is 0 Å². The molecule has 0 aliphatic rings. The van der Waals surface area contributed by atoms with Crippen molar-refractivity contribution in [1.82, 2.24) is 14.1 Å². The zero-order valence-corrected chi connectivity index (χ0v) is 13.5. The van der Waals surface area contributed by atoms with Crippen molar-refractivity contribution >= 4 is 27.5 Å². The molecular weight excluding hydrogens is 304 g/mol. The smallest absolute Gasteiger partial charge is 0.248 e. The Kier molecular flexibility index (Phi) is 5.17. The molecule has 1 rings (SSSR count). The van der Waals surface area contributed by atoms with Crippen LogP contribution in [0.15, 0.2) is 4.90 Å². The van der Waals surface area contributed by atoms with Gasteiger partial charge in [0.25, 0.3) is 0 Å². The topological polar surface area (TPSA) is 98.3 Å². The number of hydrogen-bond acceptors (Lipinski definition) is 4. The third kappa shape index (κ3) is 3.50. The summed E-state index contributed by atoms with van der Waals surface area (Å²) in [4.78, 5) is 11.0. The van der Waals surface area contributed by atoms with Gasteiger partial charge in [0.1, 0.15) is 10.0 Å². The summed E-state index contributed by atoms with van der Waals surface area (Å²) in [7, 11) is -2.36. The van der Waals surface area contributed by atoms with Gasteiger partial charge in [-0.1, -0.05) is 25.4 Å². The number of carbonyl (C=O) groups excluding carboxylic acids is 1. The van der Waals surface area contributed by atoms with Gasteiger partial charge in [0.15, 0.2) is 0 Å². The average Bonchev–Trinajstić information content (AvgIpc) is 2.50. The number of hydrogen-bond donors (Lipinski definition) is 1. The molecule has 0 spiro atoms. The summed E-state index contributed by atoms with van der Waals surface area (Å²) < 4.78 is 27.6. The van der Waals surface area contributed by atoms with Crippen LogP contribution in [0, 0.1) is 12.8 Å². The van der Waals surface area contributed by atoms with Crippen molar-refractivity contribution in [3.8, 4) is 0 Å². The molecule has 1 aromatic rings. The molecule has 7 nitrogen and oxygen atoms in total. The quantitative estimate of drug-likeness (QED) is 0.825. The van der Waals surface area contributed by atoms with Crippen molar-refractivity contribution in [1.29, 1.82) is 0 Å². The van der Waals surface area contributed by atoms with Crippen LogP contribution in [-0.4, -0.2) is 41.5 Å². The zero-order valence-electron chi connectivity index (χ0n) is 11.9. The summed E-state index contributed by atoms with van der Waals surface area (Å²) >= 11 is 5.99. The molecule has 1 amide bonds. The molecule has 0 aliphatic heterocycles. The molecule has 0 fully saturated rings. The number of aromatic nitrogens is 2. The van der Waals surface area contributed by atoms with Crippen molar-refractivity contribution in [2.45, 2.75) is 25.7 Å². The number of aryl methyl sites for hydroxylation is 2. The van der Waals surface area contributed by atoms with Gasteiger partial charge in [0, 0.05) is 13.6 Å². The Morgan fingerprint density at radius 1 is 1.50 bits per heavy atom. The van der Waals surface area contributed by atoms with Crippen LogP contribution in [0.1, 0.15) is 19.5 Å². The standard InChI is InChI=1S/C11H19ClN4O3S/c1-7(2)5-16(6-9(13)17)20(18,19)10-8(3)14-15(4)11(10)12/h7H,5-6H2,1-4H3,(H2,13,17). The first-order valence-electron chi connectivity index (χ1n) is 6.05. The highest BCUT2D eigenvalue weighted by molar-refractivity contribution is 7.89. The zero-order chi connectivity index (χ0) is 15.7. The van der Waals surface area contributed by atoms with Crippen molar-refractivity contribution in [2.24, 2.45) is 18.7 Å². The van der Waals surface area contributed by atoms with E-state index in [-0.39, 0.29) is 34.7 Å². The predicted octanol–water partition coefficient (Wildman–Crippen LogP) is 0.514. The average molecular weight is 323 g/mol. The maximum atomic E-state index is 12.6. The van der Waals surface area contributed by atoms with Crippen molar-refractivity contribution in [3.05, 3.63) is 10.8 Å². The van der Waals surface area contributed by atoms with Gasteiger partial charge in [-0.2, -0.15) is 9.40 Å². The Morgan fingerprint density at radius 2 is 2.05 bits per heavy atom. The third-order valence-electron chi connectivity index (χ3n) is 2.60. The monoisotopic (exact) mass is 322 g/mol. The van der Waals surface area contributed by atoms with Crippen LogP contribution in [0.2, 0.25) is 5.15 Å². The van der Waals surface area contributed by atoms with Crippen LogP contribution in [0.5, 0.6) is 0 Å². The molecule has 114 valence electrons. The number of sulfonamides is 1. The molecule has 0 saturated carbocycles. The maximum absolute atomic E-state index is 12.6. The SMILES string of the molecule is Cc1nn(C)c(Cl)c1S(=O)(=O)N(CC(N)=O)CC(C)C. The fraction of sp³-hybridized carbons (Fsp3) is 0.636. The minimum Gasteiger partial charge on any atom is -0.369 e. The second-order valence-electron chi connectivity index (χ2n) is 4.99. The number of halogens is 1. The van der Waals surface area contributed by atoms with Gasteiger partial charge in [-0.15, -0.1) is 0 Å². The van der Waals surface area contributed by atoms with Crippen LogP contribution >= 0.6 is 11.6 Å². The molecule has 0 radical (unpaired) electrons. The molecular formula is C11H19ClN4O3S. The lowest BCUT2D eigenvalue weighted by atomic mass is 10.2. The lowest BCUT2D eigenvalue weighted by Gasteiger charge is -2.22. The first-order chi connectivity index (χ1) is 9.07. The van der Waals surface area contributed by atoms with Gasteiger partial charge in [-0.05, 0) is 12.8 Å². The van der Waals surface area contributed by atoms with Crippen molar-refractivity contribution < 1.29 is 13.2 Å². The molecule has 0 atom stereocenters. The van der Waals surface area contributed by atoms with Gasteiger partial charge >= 0.3 is 0 Å². The molecule has 9 heteroatoms. The van der Waals surface area contributed by atoms with Crippen LogP contribution < -0.4 is 5.73 Å². The van der Waals surface area contributed by atoms with E-state index in [1.165, 1.54) is 4.68 Å². The Hall–Kier alpha value is -1.12. The lowest BCUT2D eigenvalue weighted by Crippen LogP contribution is -2.40. The van der Waals surface area contributed by atoms with E-state index in [9.17, 15) is 13.2 Å². The van der Waals surface area contributed by atoms with Gasteiger partial charge < -0.3 is 5.73 Å². The van der Waals surface area contributed by atoms with Crippen molar-refractivity contribution in [2.75, 3.05) is 13.1 Å². The fourth-order valence-corrected chi connectivity index (χ4v) is 4.14. The summed E-state index contributed by atoms with van der Waals surface area (Å²) in [5.74, 6) is -0.674. The van der Waals surface area contributed by atoms with E-state index in [0.717, 1.165) is 4.31 Å². The Balaban J connectivity index is 3.32. The highest BCUT2D eigenvalue weighted by Gasteiger charge is 2.32. The van der Waals surface area contributed by atoms with Gasteiger partial charge in [-0.3, -0.25) is 9.48 Å². The maximum Gasteiger partial charge on any atom is 0.248 e. The molecule has 0 aliphatic carbocycles. The molecule has 0 bridgehead atoms. The second-order valence-corrected chi connectivity index (χ2v) is 7.22. The summed E-state index contributed by atoms with van der Waals surface area (Å²) in [5, 5.41) is 3.99. The first kappa shape index (κ1) is 16.9. The highest BCUT2D eigenvalue weighted by Crippen LogP contribution is 2.27. The number of amides is 1. The lowest BCUT2D eigenvalue weighted by molar-refractivity contribution is -0.118. The fourth-order valence-electron chi connectivity index (χ4n) is 1.86. The summed E-state index contributed by atoms with van der Waals surface area (Å²) in [6.07, 6.45) is 0. The number of primary amides is 1. The second kappa shape index (κ2) is 6.11. The molecule has 0 saturated heterocycles. The Labute approximate surface area is 123 Å². The van der Waals surface area contributed by atoms with Crippen LogP contribution in [-0.2, 0) is 21.9 Å². The van der Waals surface area contributed by atoms with Gasteiger partial charge in [0.05, 0.1) is 12.2 Å². The Morgan fingerprint density at radius 3 is 2.40 bits per heavy atom. The number of carbonyl (C=O) groups is 1. The minimum atomic E-state index is -3.91. The molecule has 1 aromatic heterocycles. The van der Waals surface area contributed by atoms with E-state index < -0.39 is 15.9 Å². The van der Waals surface area contributed by atoms with Crippen LogP contribution in [0.3, 0.4) is 0 Å². The van der Waals surface area contributed by atoms with E-state index in [2.05, 4.69) is 5.10 Å². The number of nitrogens with zero attached hydrogens (tertiary/aromatic N) is 3. The summed E-state index contributed by atoms with van der Waals surface area (Å²) in [6.45, 7) is 5.04. The van der Waals surface area contributed by atoms with E-state index in [0.29, 0.717) is 0 Å². The predicted molar refractivity (Wildman–Crippen MR) is 75.7 cm³/mol. The van der Waals surface area contributed by atoms with Crippen molar-refractivity contribution in [3.63, 3.8) is 0 Å². The molecule has 0 aromatic carbocycles. The number of rotatable bonds is 6.